The topological polar surface area (TPSA) is 106 Å². The average molecular weight is 511 g/mol. The molecule has 2 fully saturated rings. The van der Waals surface area contributed by atoms with E-state index in [1.807, 2.05) is 37.3 Å². The molecule has 2 saturated heterocycles. The van der Waals surface area contributed by atoms with Crippen molar-refractivity contribution in [2.24, 2.45) is 11.8 Å². The molecule has 5 rings (SSSR count). The number of likely N-dealkylation sites (tertiary alicyclic amines) is 1. The highest BCUT2D eigenvalue weighted by Crippen LogP contribution is 2.58. The lowest BCUT2D eigenvalue weighted by Gasteiger charge is -2.38. The number of fused-ring (bicyclic) bond motifs is 2. The van der Waals surface area contributed by atoms with Gasteiger partial charge in [0.05, 0.1) is 13.0 Å². The summed E-state index contributed by atoms with van der Waals surface area (Å²) in [4.78, 5) is 44.9. The number of carbonyl (C=O) groups excluding carboxylic acids is 3. The van der Waals surface area contributed by atoms with Gasteiger partial charge in [0.2, 0.25) is 5.91 Å². The summed E-state index contributed by atoms with van der Waals surface area (Å²) in [5, 5.41) is 9.21. The van der Waals surface area contributed by atoms with Crippen molar-refractivity contribution < 1.29 is 33.7 Å². The van der Waals surface area contributed by atoms with Crippen molar-refractivity contribution in [2.45, 2.75) is 49.9 Å². The lowest BCUT2D eigenvalue weighted by Crippen LogP contribution is -2.56. The summed E-state index contributed by atoms with van der Waals surface area (Å²) >= 11 is 0. The number of hydrogen-bond acceptors (Lipinski definition) is 7. The number of benzene rings is 1. The van der Waals surface area contributed by atoms with Crippen LogP contribution in [0.25, 0.3) is 0 Å². The van der Waals surface area contributed by atoms with Crippen LogP contribution < -0.4 is 9.64 Å². The minimum absolute atomic E-state index is 0.0687. The first-order valence-electron chi connectivity index (χ1n) is 13.0. The van der Waals surface area contributed by atoms with Crippen molar-refractivity contribution in [1.29, 1.82) is 0 Å². The first-order valence-corrected chi connectivity index (χ1v) is 13.0. The Labute approximate surface area is 216 Å². The second kappa shape index (κ2) is 9.95. The largest absolute Gasteiger partial charge is 0.497 e. The molecular formula is C28H34N2O7. The number of ether oxygens (including phenoxy) is 3. The monoisotopic (exact) mass is 510 g/mol. The third-order valence-electron chi connectivity index (χ3n) is 8.14. The fraction of sp³-hybridized carbons (Fsp3) is 0.536. The van der Waals surface area contributed by atoms with Crippen LogP contribution in [0.5, 0.6) is 5.75 Å². The Morgan fingerprint density at radius 3 is 2.51 bits per heavy atom. The predicted molar refractivity (Wildman–Crippen MR) is 135 cm³/mol. The van der Waals surface area contributed by atoms with Crippen molar-refractivity contribution >= 4 is 23.5 Å². The molecule has 1 aromatic carbocycles. The number of hydrogen-bond donors (Lipinski definition) is 1. The van der Waals surface area contributed by atoms with E-state index < -0.39 is 35.0 Å². The summed E-state index contributed by atoms with van der Waals surface area (Å²) < 4.78 is 17.6. The average Bonchev–Trinajstić information content (AvgIpc) is 3.18. The van der Waals surface area contributed by atoms with E-state index in [1.165, 1.54) is 0 Å². The SMILES string of the molecule is CC[C@@]12C=CCOC(=O)[C@@H]1[C@H]1C(=O)N(CCCCCO)C3C(=O)N(c4ccc(OC)cc4)CC=C[C@@]31O2. The van der Waals surface area contributed by atoms with Gasteiger partial charge < -0.3 is 29.1 Å². The quantitative estimate of drug-likeness (QED) is 0.325. The maximum Gasteiger partial charge on any atom is 0.313 e. The van der Waals surface area contributed by atoms with Crippen LogP contribution in [0.2, 0.25) is 0 Å². The highest BCUT2D eigenvalue weighted by molar-refractivity contribution is 6.05. The molecule has 198 valence electrons. The van der Waals surface area contributed by atoms with Crippen LogP contribution in [0.3, 0.4) is 0 Å². The number of unbranched alkanes of at least 4 members (excludes halogenated alkanes) is 2. The summed E-state index contributed by atoms with van der Waals surface area (Å²) in [6, 6.07) is 6.28. The van der Waals surface area contributed by atoms with Gasteiger partial charge in [-0.2, -0.15) is 0 Å². The number of esters is 1. The number of anilines is 1. The number of aliphatic hydroxyl groups is 1. The summed E-state index contributed by atoms with van der Waals surface area (Å²) in [6.07, 6.45) is 9.71. The number of nitrogens with zero attached hydrogens (tertiary/aromatic N) is 2. The number of aliphatic hydroxyl groups excluding tert-OH is 1. The lowest BCUT2D eigenvalue weighted by atomic mass is 9.73. The minimum atomic E-state index is -1.30. The Hall–Kier alpha value is -3.17. The Morgan fingerprint density at radius 2 is 1.81 bits per heavy atom. The molecule has 0 aromatic heterocycles. The van der Waals surface area contributed by atoms with Crippen molar-refractivity contribution in [3.05, 3.63) is 48.6 Å². The molecule has 4 aliphatic heterocycles. The molecule has 1 aromatic rings. The van der Waals surface area contributed by atoms with Gasteiger partial charge in [0.15, 0.2) is 0 Å². The Bertz CT molecular complexity index is 1120. The second-order valence-electron chi connectivity index (χ2n) is 10.0. The highest BCUT2D eigenvalue weighted by atomic mass is 16.6. The van der Waals surface area contributed by atoms with E-state index in [1.54, 1.807) is 35.1 Å². The molecule has 9 nitrogen and oxygen atoms in total. The van der Waals surface area contributed by atoms with E-state index in [-0.39, 0.29) is 25.0 Å². The fourth-order valence-corrected chi connectivity index (χ4v) is 6.40. The molecule has 0 saturated carbocycles. The molecule has 0 aliphatic carbocycles. The van der Waals surface area contributed by atoms with Crippen LogP contribution in [0.4, 0.5) is 5.69 Å². The van der Waals surface area contributed by atoms with Crippen molar-refractivity contribution in [3.63, 3.8) is 0 Å². The van der Waals surface area contributed by atoms with Crippen LogP contribution in [0.15, 0.2) is 48.6 Å². The van der Waals surface area contributed by atoms with Crippen molar-refractivity contribution in [2.75, 3.05) is 38.3 Å². The standard InChI is InChI=1S/C28H34N2O7/c1-3-27-13-8-18-36-26(34)22(27)21-24(32)30(15-5-4-6-17-31)23-25(33)29(16-7-14-28(21,23)37-27)19-9-11-20(35-2)12-10-19/h7-14,21-23,31H,3-6,15-18H2,1-2H3/t21-,22-,23?,27+,28-/m0/s1. The van der Waals surface area contributed by atoms with Gasteiger partial charge in [-0.05, 0) is 56.0 Å². The molecule has 0 bridgehead atoms. The van der Waals surface area contributed by atoms with Gasteiger partial charge in [-0.25, -0.2) is 0 Å². The molecule has 4 aliphatic rings. The molecule has 0 radical (unpaired) electrons. The zero-order valence-corrected chi connectivity index (χ0v) is 21.3. The van der Waals surface area contributed by atoms with Crippen molar-refractivity contribution in [1.82, 2.24) is 4.90 Å². The van der Waals surface area contributed by atoms with Gasteiger partial charge in [0, 0.05) is 25.4 Å². The summed E-state index contributed by atoms with van der Waals surface area (Å²) in [5.74, 6) is -2.04. The first kappa shape index (κ1) is 25.5. The summed E-state index contributed by atoms with van der Waals surface area (Å²) in [6.45, 7) is 2.75. The van der Waals surface area contributed by atoms with Gasteiger partial charge in [0.1, 0.15) is 35.5 Å². The smallest absolute Gasteiger partial charge is 0.313 e. The van der Waals surface area contributed by atoms with Gasteiger partial charge in [-0.3, -0.25) is 14.4 Å². The molecular weight excluding hydrogens is 476 g/mol. The number of carbonyl (C=O) groups is 3. The maximum absolute atomic E-state index is 14.3. The minimum Gasteiger partial charge on any atom is -0.497 e. The molecule has 2 amide bonds. The van der Waals surface area contributed by atoms with Gasteiger partial charge in [-0.1, -0.05) is 25.2 Å². The zero-order valence-electron chi connectivity index (χ0n) is 21.3. The molecule has 5 atom stereocenters. The second-order valence-corrected chi connectivity index (χ2v) is 10.0. The van der Waals surface area contributed by atoms with Gasteiger partial charge >= 0.3 is 5.97 Å². The summed E-state index contributed by atoms with van der Waals surface area (Å²) in [7, 11) is 1.58. The fourth-order valence-electron chi connectivity index (χ4n) is 6.40. The zero-order chi connectivity index (χ0) is 26.2. The molecule has 9 heteroatoms. The Balaban J connectivity index is 1.59. The van der Waals surface area contributed by atoms with E-state index >= 15 is 0 Å². The molecule has 1 spiro atoms. The summed E-state index contributed by atoms with van der Waals surface area (Å²) in [5.41, 5.74) is -1.65. The van der Waals surface area contributed by atoms with Crippen LogP contribution in [0.1, 0.15) is 32.6 Å². The number of methoxy groups -OCH3 is 1. The van der Waals surface area contributed by atoms with Gasteiger partial charge in [-0.15, -0.1) is 0 Å². The van der Waals surface area contributed by atoms with E-state index in [9.17, 15) is 19.5 Å². The Kier molecular flexibility index (Phi) is 6.85. The van der Waals surface area contributed by atoms with Crippen LogP contribution >= 0.6 is 0 Å². The highest BCUT2D eigenvalue weighted by Gasteiger charge is 2.75. The van der Waals surface area contributed by atoms with E-state index in [4.69, 9.17) is 14.2 Å². The van der Waals surface area contributed by atoms with E-state index in [2.05, 4.69) is 0 Å². The molecule has 4 heterocycles. The van der Waals surface area contributed by atoms with Crippen LogP contribution in [-0.2, 0) is 23.9 Å². The molecule has 1 unspecified atom stereocenters. The number of amides is 2. The van der Waals surface area contributed by atoms with Crippen LogP contribution in [-0.4, -0.2) is 78.4 Å². The first-order chi connectivity index (χ1) is 17.9. The predicted octanol–water partition coefficient (Wildman–Crippen LogP) is 2.23. The molecule has 37 heavy (non-hydrogen) atoms. The van der Waals surface area contributed by atoms with E-state index in [0.717, 1.165) is 0 Å². The van der Waals surface area contributed by atoms with Crippen LogP contribution in [0, 0.1) is 11.8 Å². The third kappa shape index (κ3) is 3.95. The van der Waals surface area contributed by atoms with Gasteiger partial charge in [0.25, 0.3) is 5.91 Å². The normalized spacial score (nSPS) is 32.5. The lowest BCUT2D eigenvalue weighted by molar-refractivity contribution is -0.157. The Morgan fingerprint density at radius 1 is 1.03 bits per heavy atom. The number of rotatable bonds is 8. The number of cyclic esters (lactones) is 1. The molecule has 1 N–H and O–H groups in total. The third-order valence-corrected chi connectivity index (χ3v) is 8.14. The van der Waals surface area contributed by atoms with E-state index in [0.29, 0.717) is 50.2 Å². The van der Waals surface area contributed by atoms with Crippen molar-refractivity contribution in [3.8, 4) is 5.75 Å². The maximum atomic E-state index is 14.3.